The van der Waals surface area contributed by atoms with Gasteiger partial charge in [0, 0.05) is 23.0 Å². The van der Waals surface area contributed by atoms with Crippen molar-refractivity contribution in [2.75, 3.05) is 5.73 Å². The van der Waals surface area contributed by atoms with E-state index in [2.05, 4.69) is 25.8 Å². The van der Waals surface area contributed by atoms with E-state index in [-0.39, 0.29) is 11.9 Å². The molecular formula is C15H19ClFN3. The molecule has 3 nitrogen and oxygen atoms in total. The average molecular weight is 296 g/mol. The second-order valence-corrected chi connectivity index (χ2v) is 5.57. The van der Waals surface area contributed by atoms with Crippen LogP contribution >= 0.6 is 11.6 Å². The Balaban J connectivity index is 2.59. The van der Waals surface area contributed by atoms with Crippen molar-refractivity contribution >= 4 is 17.4 Å². The number of aromatic nitrogens is 2. The molecule has 20 heavy (non-hydrogen) atoms. The van der Waals surface area contributed by atoms with Gasteiger partial charge in [-0.2, -0.15) is 0 Å². The summed E-state index contributed by atoms with van der Waals surface area (Å²) in [5.41, 5.74) is 7.42. The van der Waals surface area contributed by atoms with Crippen LogP contribution in [0.3, 0.4) is 0 Å². The Labute approximate surface area is 123 Å². The topological polar surface area (TPSA) is 43.8 Å². The van der Waals surface area contributed by atoms with Crippen LogP contribution < -0.4 is 5.73 Å². The van der Waals surface area contributed by atoms with Gasteiger partial charge in [0.15, 0.2) is 0 Å². The molecule has 0 atom stereocenters. The number of halogens is 2. The maximum absolute atomic E-state index is 13.5. The Bertz CT molecular complexity index is 600. The smallest absolute Gasteiger partial charge is 0.131 e. The molecule has 0 aliphatic carbocycles. The zero-order valence-corrected chi connectivity index (χ0v) is 12.7. The van der Waals surface area contributed by atoms with E-state index in [4.69, 9.17) is 17.3 Å². The lowest BCUT2D eigenvalue weighted by Crippen LogP contribution is -2.09. The molecule has 5 heteroatoms. The highest BCUT2D eigenvalue weighted by Crippen LogP contribution is 2.31. The molecule has 1 heterocycles. The average Bonchev–Trinajstić information content (AvgIpc) is 2.65. The summed E-state index contributed by atoms with van der Waals surface area (Å²) in [6, 6.07) is 4.57. The van der Waals surface area contributed by atoms with E-state index >= 15 is 0 Å². The van der Waals surface area contributed by atoms with Crippen molar-refractivity contribution in [3.8, 4) is 11.3 Å². The zero-order valence-electron chi connectivity index (χ0n) is 12.0. The van der Waals surface area contributed by atoms with Crippen molar-refractivity contribution in [1.82, 2.24) is 9.55 Å². The van der Waals surface area contributed by atoms with Crippen LogP contribution in [0.5, 0.6) is 0 Å². The maximum atomic E-state index is 13.5. The fourth-order valence-electron chi connectivity index (χ4n) is 2.37. The van der Waals surface area contributed by atoms with Crippen LogP contribution in [0.15, 0.2) is 18.2 Å². The highest BCUT2D eigenvalue weighted by Gasteiger charge is 2.18. The lowest BCUT2D eigenvalue weighted by molar-refractivity contribution is 0.571. The van der Waals surface area contributed by atoms with E-state index in [1.165, 1.54) is 12.1 Å². The van der Waals surface area contributed by atoms with Gasteiger partial charge in [-0.25, -0.2) is 9.37 Å². The molecule has 2 aromatic rings. The summed E-state index contributed by atoms with van der Waals surface area (Å²) in [4.78, 5) is 4.59. The van der Waals surface area contributed by atoms with E-state index < -0.39 is 0 Å². The van der Waals surface area contributed by atoms with Crippen LogP contribution in [0.1, 0.15) is 39.1 Å². The summed E-state index contributed by atoms with van der Waals surface area (Å²) < 4.78 is 15.5. The molecule has 0 saturated heterocycles. The molecule has 0 radical (unpaired) electrons. The molecule has 0 saturated carbocycles. The SMILES string of the molecule is CCCc1nc(-c2cc(F)cc(Cl)c2)c(N)n1C(C)C. The van der Waals surface area contributed by atoms with Crippen LogP contribution in [-0.2, 0) is 6.42 Å². The second-order valence-electron chi connectivity index (χ2n) is 5.13. The van der Waals surface area contributed by atoms with Crippen molar-refractivity contribution in [2.45, 2.75) is 39.7 Å². The number of rotatable bonds is 4. The van der Waals surface area contributed by atoms with Crippen molar-refractivity contribution < 1.29 is 4.39 Å². The molecule has 1 aromatic carbocycles. The summed E-state index contributed by atoms with van der Waals surface area (Å²) in [6.45, 7) is 6.20. The molecule has 108 valence electrons. The number of nitrogen functional groups attached to an aromatic ring is 1. The Hall–Kier alpha value is -1.55. The van der Waals surface area contributed by atoms with Crippen molar-refractivity contribution in [1.29, 1.82) is 0 Å². The highest BCUT2D eigenvalue weighted by atomic mass is 35.5. The first kappa shape index (κ1) is 14.9. The number of imidazole rings is 1. The van der Waals surface area contributed by atoms with Crippen LogP contribution in [0.25, 0.3) is 11.3 Å². The number of nitrogens with two attached hydrogens (primary N) is 1. The van der Waals surface area contributed by atoms with Gasteiger partial charge < -0.3 is 10.3 Å². The standard InChI is InChI=1S/C15H19ClFN3/c1-4-5-13-19-14(15(18)20(13)9(2)3)10-6-11(16)8-12(17)7-10/h6-9H,4-5,18H2,1-3H3. The summed E-state index contributed by atoms with van der Waals surface area (Å²) in [5.74, 6) is 1.10. The first-order chi connectivity index (χ1) is 9.43. The van der Waals surface area contributed by atoms with Crippen molar-refractivity contribution in [2.24, 2.45) is 0 Å². The third kappa shape index (κ3) is 2.80. The van der Waals surface area contributed by atoms with Gasteiger partial charge >= 0.3 is 0 Å². The molecule has 0 fully saturated rings. The van der Waals surface area contributed by atoms with Gasteiger partial charge in [0.2, 0.25) is 0 Å². The quantitative estimate of drug-likeness (QED) is 0.905. The minimum absolute atomic E-state index is 0.210. The van der Waals surface area contributed by atoms with Gasteiger partial charge in [-0.05, 0) is 38.5 Å². The molecule has 2 N–H and O–H groups in total. The monoisotopic (exact) mass is 295 g/mol. The first-order valence-corrected chi connectivity index (χ1v) is 7.14. The maximum Gasteiger partial charge on any atom is 0.131 e. The van der Waals surface area contributed by atoms with Crippen LogP contribution in [0.4, 0.5) is 10.2 Å². The Kier molecular flexibility index (Phi) is 4.33. The number of hydrogen-bond acceptors (Lipinski definition) is 2. The fraction of sp³-hybridized carbons (Fsp3) is 0.400. The van der Waals surface area contributed by atoms with Crippen LogP contribution in [-0.4, -0.2) is 9.55 Å². The van der Waals surface area contributed by atoms with Crippen molar-refractivity contribution in [3.05, 3.63) is 34.9 Å². The normalized spacial score (nSPS) is 11.3. The number of aryl methyl sites for hydroxylation is 1. The fourth-order valence-corrected chi connectivity index (χ4v) is 2.59. The predicted octanol–water partition coefficient (Wildman–Crippen LogP) is 4.46. The van der Waals surface area contributed by atoms with Gasteiger partial charge in [-0.3, -0.25) is 0 Å². The Morgan fingerprint density at radius 2 is 2.05 bits per heavy atom. The van der Waals surface area contributed by atoms with E-state index in [1.54, 1.807) is 6.07 Å². The third-order valence-corrected chi connectivity index (χ3v) is 3.37. The molecule has 2 rings (SSSR count). The van der Waals surface area contributed by atoms with E-state index in [9.17, 15) is 4.39 Å². The number of benzene rings is 1. The van der Waals surface area contributed by atoms with Gasteiger partial charge in [0.1, 0.15) is 23.2 Å². The second kappa shape index (κ2) is 5.83. The molecule has 1 aromatic heterocycles. The van der Waals surface area contributed by atoms with Gasteiger partial charge in [-0.1, -0.05) is 18.5 Å². The van der Waals surface area contributed by atoms with Crippen molar-refractivity contribution in [3.63, 3.8) is 0 Å². The summed E-state index contributed by atoms with van der Waals surface area (Å²) in [5, 5.41) is 0.343. The van der Waals surface area contributed by atoms with Crippen LogP contribution in [0, 0.1) is 5.82 Å². The molecular weight excluding hydrogens is 277 g/mol. The van der Waals surface area contributed by atoms with E-state index in [0.717, 1.165) is 18.7 Å². The lowest BCUT2D eigenvalue weighted by Gasteiger charge is -2.13. The number of hydrogen-bond donors (Lipinski definition) is 1. The third-order valence-electron chi connectivity index (χ3n) is 3.15. The summed E-state index contributed by atoms with van der Waals surface area (Å²) >= 11 is 5.91. The van der Waals surface area contributed by atoms with Gasteiger partial charge in [0.25, 0.3) is 0 Å². The van der Waals surface area contributed by atoms with E-state index in [1.807, 2.05) is 4.57 Å². The minimum atomic E-state index is -0.386. The van der Waals surface area contributed by atoms with E-state index in [0.29, 0.717) is 22.1 Å². The Morgan fingerprint density at radius 3 is 2.60 bits per heavy atom. The predicted molar refractivity (Wildman–Crippen MR) is 81.4 cm³/mol. The van der Waals surface area contributed by atoms with Gasteiger partial charge in [0.05, 0.1) is 0 Å². The zero-order chi connectivity index (χ0) is 14.9. The summed E-state index contributed by atoms with van der Waals surface area (Å²) in [6.07, 6.45) is 1.82. The minimum Gasteiger partial charge on any atom is -0.383 e. The first-order valence-electron chi connectivity index (χ1n) is 6.77. The number of nitrogens with zero attached hydrogens (tertiary/aromatic N) is 2. The molecule has 0 amide bonds. The number of anilines is 1. The molecule has 0 bridgehead atoms. The van der Waals surface area contributed by atoms with Crippen LogP contribution in [0.2, 0.25) is 5.02 Å². The largest absolute Gasteiger partial charge is 0.383 e. The highest BCUT2D eigenvalue weighted by molar-refractivity contribution is 6.30. The molecule has 0 aliphatic rings. The van der Waals surface area contributed by atoms with Gasteiger partial charge in [-0.15, -0.1) is 0 Å². The molecule has 0 spiro atoms. The Morgan fingerprint density at radius 1 is 1.35 bits per heavy atom. The molecule has 0 aliphatic heterocycles. The molecule has 0 unspecified atom stereocenters. The lowest BCUT2D eigenvalue weighted by atomic mass is 10.1. The summed E-state index contributed by atoms with van der Waals surface area (Å²) in [7, 11) is 0.